The standard InChI is InChI=1S/C13H12Cl2O/c14-11-6-10(7-12(15)8-11)5-9-1-3-13(16)4-2-9/h5-8H,1-4H2. The van der Waals surface area contributed by atoms with Crippen LogP contribution in [0.2, 0.25) is 10.0 Å². The van der Waals surface area contributed by atoms with Gasteiger partial charge in [0, 0.05) is 22.9 Å². The van der Waals surface area contributed by atoms with E-state index in [0.29, 0.717) is 28.7 Å². The van der Waals surface area contributed by atoms with Crippen molar-refractivity contribution in [3.05, 3.63) is 39.4 Å². The number of hydrogen-bond acceptors (Lipinski definition) is 1. The maximum absolute atomic E-state index is 11.1. The molecule has 0 unspecified atom stereocenters. The number of Topliss-reactive ketones (excluding diaryl/α,β-unsaturated/α-hetero) is 1. The lowest BCUT2D eigenvalue weighted by Crippen LogP contribution is -2.05. The van der Waals surface area contributed by atoms with E-state index in [1.165, 1.54) is 5.57 Å². The SMILES string of the molecule is O=C1CCC(=Cc2cc(Cl)cc(Cl)c2)CC1. The van der Waals surface area contributed by atoms with Gasteiger partial charge in [0.25, 0.3) is 0 Å². The monoisotopic (exact) mass is 254 g/mol. The lowest BCUT2D eigenvalue weighted by molar-refractivity contribution is -0.119. The molecule has 84 valence electrons. The summed E-state index contributed by atoms with van der Waals surface area (Å²) in [4.78, 5) is 11.1. The average molecular weight is 255 g/mol. The van der Waals surface area contributed by atoms with Crippen molar-refractivity contribution in [2.24, 2.45) is 0 Å². The first-order chi connectivity index (χ1) is 7.63. The second kappa shape index (κ2) is 5.03. The van der Waals surface area contributed by atoms with Gasteiger partial charge >= 0.3 is 0 Å². The summed E-state index contributed by atoms with van der Waals surface area (Å²) in [5.41, 5.74) is 2.32. The first-order valence-corrected chi connectivity index (χ1v) is 6.06. The van der Waals surface area contributed by atoms with Gasteiger partial charge in [0.2, 0.25) is 0 Å². The molecule has 1 aliphatic carbocycles. The van der Waals surface area contributed by atoms with E-state index in [1.807, 2.05) is 12.1 Å². The van der Waals surface area contributed by atoms with Crippen molar-refractivity contribution >= 4 is 35.1 Å². The maximum Gasteiger partial charge on any atom is 0.133 e. The molecule has 1 aromatic carbocycles. The summed E-state index contributed by atoms with van der Waals surface area (Å²) >= 11 is 11.8. The van der Waals surface area contributed by atoms with E-state index in [1.54, 1.807) is 6.07 Å². The van der Waals surface area contributed by atoms with Gasteiger partial charge in [-0.2, -0.15) is 0 Å². The molecule has 0 bridgehead atoms. The highest BCUT2D eigenvalue weighted by Gasteiger charge is 2.12. The first kappa shape index (κ1) is 11.7. The van der Waals surface area contributed by atoms with Crippen LogP contribution in [0.3, 0.4) is 0 Å². The molecule has 0 atom stereocenters. The summed E-state index contributed by atoms with van der Waals surface area (Å²) in [6, 6.07) is 5.49. The molecule has 1 fully saturated rings. The van der Waals surface area contributed by atoms with Gasteiger partial charge in [-0.25, -0.2) is 0 Å². The zero-order valence-corrected chi connectivity index (χ0v) is 10.3. The number of ketones is 1. The molecular formula is C13H12Cl2O. The molecule has 0 radical (unpaired) electrons. The van der Waals surface area contributed by atoms with Crippen LogP contribution < -0.4 is 0 Å². The van der Waals surface area contributed by atoms with E-state index < -0.39 is 0 Å². The summed E-state index contributed by atoms with van der Waals surface area (Å²) in [6.07, 6.45) is 5.15. The highest BCUT2D eigenvalue weighted by Crippen LogP contribution is 2.26. The number of rotatable bonds is 1. The number of benzene rings is 1. The van der Waals surface area contributed by atoms with Gasteiger partial charge in [-0.15, -0.1) is 0 Å². The summed E-state index contributed by atoms with van der Waals surface area (Å²) in [7, 11) is 0. The fraction of sp³-hybridized carbons (Fsp3) is 0.308. The molecule has 1 saturated carbocycles. The summed E-state index contributed by atoms with van der Waals surface area (Å²) in [6.45, 7) is 0. The second-order valence-electron chi connectivity index (χ2n) is 4.04. The van der Waals surface area contributed by atoms with Crippen molar-refractivity contribution in [2.75, 3.05) is 0 Å². The predicted octanol–water partition coefficient (Wildman–Crippen LogP) is 4.52. The molecule has 1 aromatic rings. The van der Waals surface area contributed by atoms with Crippen LogP contribution in [0, 0.1) is 0 Å². The van der Waals surface area contributed by atoms with E-state index in [9.17, 15) is 4.79 Å². The topological polar surface area (TPSA) is 17.1 Å². The smallest absolute Gasteiger partial charge is 0.133 e. The van der Waals surface area contributed by atoms with E-state index in [4.69, 9.17) is 23.2 Å². The van der Waals surface area contributed by atoms with E-state index in [2.05, 4.69) is 6.08 Å². The van der Waals surface area contributed by atoms with Crippen molar-refractivity contribution in [3.63, 3.8) is 0 Å². The fourth-order valence-electron chi connectivity index (χ4n) is 1.89. The Morgan fingerprint density at radius 2 is 1.50 bits per heavy atom. The van der Waals surface area contributed by atoms with Gasteiger partial charge in [-0.3, -0.25) is 4.79 Å². The lowest BCUT2D eigenvalue weighted by atomic mass is 9.92. The van der Waals surface area contributed by atoms with Crippen LogP contribution in [0.5, 0.6) is 0 Å². The van der Waals surface area contributed by atoms with Crippen molar-refractivity contribution < 1.29 is 4.79 Å². The van der Waals surface area contributed by atoms with Crippen molar-refractivity contribution in [1.82, 2.24) is 0 Å². The normalized spacial score (nSPS) is 16.4. The number of halogens is 2. The highest BCUT2D eigenvalue weighted by molar-refractivity contribution is 6.34. The Bertz CT molecular complexity index is 417. The number of hydrogen-bond donors (Lipinski definition) is 0. The Morgan fingerprint density at radius 3 is 2.06 bits per heavy atom. The minimum atomic E-state index is 0.362. The van der Waals surface area contributed by atoms with Gasteiger partial charge in [-0.1, -0.05) is 34.9 Å². The Labute approximate surface area is 105 Å². The zero-order chi connectivity index (χ0) is 11.5. The Kier molecular flexibility index (Phi) is 3.67. The molecule has 1 aliphatic rings. The van der Waals surface area contributed by atoms with Gasteiger partial charge in [0.1, 0.15) is 5.78 Å². The van der Waals surface area contributed by atoms with Crippen LogP contribution in [0.15, 0.2) is 23.8 Å². The van der Waals surface area contributed by atoms with Crippen LogP contribution in [-0.4, -0.2) is 5.78 Å². The molecule has 0 aromatic heterocycles. The maximum atomic E-state index is 11.1. The van der Waals surface area contributed by atoms with Gasteiger partial charge in [-0.05, 0) is 36.6 Å². The van der Waals surface area contributed by atoms with Crippen LogP contribution in [0.25, 0.3) is 6.08 Å². The molecule has 3 heteroatoms. The van der Waals surface area contributed by atoms with Gasteiger partial charge in [0.05, 0.1) is 0 Å². The number of carbonyl (C=O) groups is 1. The average Bonchev–Trinajstić information content (AvgIpc) is 2.20. The minimum absolute atomic E-state index is 0.362. The number of carbonyl (C=O) groups excluding carboxylic acids is 1. The third kappa shape index (κ3) is 3.10. The van der Waals surface area contributed by atoms with Crippen molar-refractivity contribution in [3.8, 4) is 0 Å². The first-order valence-electron chi connectivity index (χ1n) is 5.31. The Hall–Kier alpha value is -0.790. The molecule has 0 N–H and O–H groups in total. The Balaban J connectivity index is 2.19. The van der Waals surface area contributed by atoms with Crippen molar-refractivity contribution in [2.45, 2.75) is 25.7 Å². The van der Waals surface area contributed by atoms with Crippen LogP contribution in [0.4, 0.5) is 0 Å². The van der Waals surface area contributed by atoms with E-state index in [-0.39, 0.29) is 0 Å². The predicted molar refractivity (Wildman–Crippen MR) is 67.9 cm³/mol. The quantitative estimate of drug-likeness (QED) is 0.721. The molecule has 0 saturated heterocycles. The largest absolute Gasteiger partial charge is 0.300 e. The lowest BCUT2D eigenvalue weighted by Gasteiger charge is -2.12. The summed E-state index contributed by atoms with van der Waals surface area (Å²) < 4.78 is 0. The van der Waals surface area contributed by atoms with Crippen LogP contribution in [0.1, 0.15) is 31.2 Å². The Morgan fingerprint density at radius 1 is 0.938 bits per heavy atom. The third-order valence-corrected chi connectivity index (χ3v) is 3.14. The van der Waals surface area contributed by atoms with Crippen molar-refractivity contribution in [1.29, 1.82) is 0 Å². The third-order valence-electron chi connectivity index (χ3n) is 2.71. The molecule has 0 aliphatic heterocycles. The molecule has 0 heterocycles. The van der Waals surface area contributed by atoms with Gasteiger partial charge in [0.15, 0.2) is 0 Å². The molecule has 0 spiro atoms. The second-order valence-corrected chi connectivity index (χ2v) is 4.92. The molecule has 2 rings (SSSR count). The number of allylic oxidation sites excluding steroid dienone is 1. The minimum Gasteiger partial charge on any atom is -0.300 e. The molecule has 0 amide bonds. The van der Waals surface area contributed by atoms with E-state index in [0.717, 1.165) is 18.4 Å². The van der Waals surface area contributed by atoms with Gasteiger partial charge < -0.3 is 0 Å². The summed E-state index contributed by atoms with van der Waals surface area (Å²) in [5.74, 6) is 0.362. The van der Waals surface area contributed by atoms with Crippen LogP contribution >= 0.6 is 23.2 Å². The summed E-state index contributed by atoms with van der Waals surface area (Å²) in [5, 5.41) is 1.29. The molecule has 1 nitrogen and oxygen atoms in total. The molecular weight excluding hydrogens is 243 g/mol. The zero-order valence-electron chi connectivity index (χ0n) is 8.80. The molecule has 16 heavy (non-hydrogen) atoms. The van der Waals surface area contributed by atoms with Crippen LogP contribution in [-0.2, 0) is 4.79 Å². The van der Waals surface area contributed by atoms with E-state index >= 15 is 0 Å². The highest BCUT2D eigenvalue weighted by atomic mass is 35.5. The fourth-order valence-corrected chi connectivity index (χ4v) is 2.43.